The van der Waals surface area contributed by atoms with Crippen LogP contribution in [0.5, 0.6) is 0 Å². The van der Waals surface area contributed by atoms with Crippen LogP contribution in [0.3, 0.4) is 0 Å². The Balaban J connectivity index is 2.24. The van der Waals surface area contributed by atoms with Crippen LogP contribution in [0.1, 0.15) is 39.3 Å². The normalized spacial score (nSPS) is 27.2. The van der Waals surface area contributed by atoms with Crippen LogP contribution >= 0.6 is 0 Å². The molecule has 0 aromatic heterocycles. The summed E-state index contributed by atoms with van der Waals surface area (Å²) in [7, 11) is 1.48. The molecule has 20 heavy (non-hydrogen) atoms. The number of nitrogens with zero attached hydrogens (tertiary/aromatic N) is 1. The van der Waals surface area contributed by atoms with Crippen molar-refractivity contribution in [3.05, 3.63) is 35.9 Å². The Morgan fingerprint density at radius 2 is 1.80 bits per heavy atom. The van der Waals surface area contributed by atoms with E-state index >= 15 is 0 Å². The van der Waals surface area contributed by atoms with E-state index in [0.717, 1.165) is 13.1 Å². The van der Waals surface area contributed by atoms with E-state index in [2.05, 4.69) is 49.9 Å². The minimum absolute atomic E-state index is 0.0941. The van der Waals surface area contributed by atoms with Crippen LogP contribution in [-0.2, 0) is 9.53 Å². The maximum atomic E-state index is 12.2. The SMILES string of the molecule is COC(=O)[C@]1(C)CN([C@H](C)c2ccccc2)CC1(C)C. The van der Waals surface area contributed by atoms with E-state index in [1.807, 2.05) is 13.0 Å². The van der Waals surface area contributed by atoms with Gasteiger partial charge in [0.2, 0.25) is 0 Å². The first-order chi connectivity index (χ1) is 9.32. The third-order valence-corrected chi connectivity index (χ3v) is 5.08. The highest BCUT2D eigenvalue weighted by Gasteiger charge is 2.55. The maximum absolute atomic E-state index is 12.2. The number of esters is 1. The fourth-order valence-electron chi connectivity index (χ4n) is 3.14. The Labute approximate surface area is 121 Å². The van der Waals surface area contributed by atoms with Gasteiger partial charge in [-0.05, 0) is 24.8 Å². The Morgan fingerprint density at radius 1 is 1.20 bits per heavy atom. The smallest absolute Gasteiger partial charge is 0.313 e. The summed E-state index contributed by atoms with van der Waals surface area (Å²) in [6, 6.07) is 10.8. The van der Waals surface area contributed by atoms with Crippen LogP contribution in [-0.4, -0.2) is 31.1 Å². The van der Waals surface area contributed by atoms with E-state index in [1.165, 1.54) is 12.7 Å². The van der Waals surface area contributed by atoms with Gasteiger partial charge in [-0.3, -0.25) is 9.69 Å². The van der Waals surface area contributed by atoms with Gasteiger partial charge in [0.1, 0.15) is 0 Å². The van der Waals surface area contributed by atoms with Crippen molar-refractivity contribution in [3.63, 3.8) is 0 Å². The highest BCUT2D eigenvalue weighted by molar-refractivity contribution is 5.78. The van der Waals surface area contributed by atoms with Crippen LogP contribution in [0.2, 0.25) is 0 Å². The molecule has 0 unspecified atom stereocenters. The molecule has 1 fully saturated rings. The van der Waals surface area contributed by atoms with E-state index in [4.69, 9.17) is 4.74 Å². The number of hydrogen-bond donors (Lipinski definition) is 0. The molecule has 0 N–H and O–H groups in total. The van der Waals surface area contributed by atoms with Gasteiger partial charge in [-0.2, -0.15) is 0 Å². The quantitative estimate of drug-likeness (QED) is 0.793. The Kier molecular flexibility index (Phi) is 3.92. The first-order valence-corrected chi connectivity index (χ1v) is 7.19. The predicted molar refractivity (Wildman–Crippen MR) is 80.3 cm³/mol. The molecule has 3 heteroatoms. The summed E-state index contributed by atoms with van der Waals surface area (Å²) in [5.41, 5.74) is 0.742. The molecule has 1 saturated heterocycles. The lowest BCUT2D eigenvalue weighted by molar-refractivity contribution is -0.156. The molecule has 1 aromatic rings. The summed E-state index contributed by atoms with van der Waals surface area (Å²) < 4.78 is 5.04. The second-order valence-electron chi connectivity index (χ2n) is 6.70. The van der Waals surface area contributed by atoms with Gasteiger partial charge in [0.25, 0.3) is 0 Å². The number of benzene rings is 1. The fourth-order valence-corrected chi connectivity index (χ4v) is 3.14. The second kappa shape index (κ2) is 5.21. The molecule has 1 aliphatic heterocycles. The van der Waals surface area contributed by atoms with Crippen molar-refractivity contribution in [2.45, 2.75) is 33.7 Å². The minimum Gasteiger partial charge on any atom is -0.469 e. The topological polar surface area (TPSA) is 29.5 Å². The van der Waals surface area contributed by atoms with Gasteiger partial charge in [-0.1, -0.05) is 44.2 Å². The molecular formula is C17H25NO2. The first-order valence-electron chi connectivity index (χ1n) is 7.19. The number of methoxy groups -OCH3 is 1. The highest BCUT2D eigenvalue weighted by Crippen LogP contribution is 2.48. The lowest BCUT2D eigenvalue weighted by atomic mass is 9.69. The van der Waals surface area contributed by atoms with E-state index in [-0.39, 0.29) is 11.4 Å². The van der Waals surface area contributed by atoms with Crippen molar-refractivity contribution in [2.75, 3.05) is 20.2 Å². The summed E-state index contributed by atoms with van der Waals surface area (Å²) in [5, 5.41) is 0. The zero-order valence-electron chi connectivity index (χ0n) is 13.1. The lowest BCUT2D eigenvalue weighted by Crippen LogP contribution is -2.42. The van der Waals surface area contributed by atoms with Gasteiger partial charge in [-0.25, -0.2) is 0 Å². The Morgan fingerprint density at radius 3 is 2.35 bits per heavy atom. The predicted octanol–water partition coefficient (Wildman–Crippen LogP) is 3.27. The molecule has 1 aromatic carbocycles. The van der Waals surface area contributed by atoms with E-state index in [0.29, 0.717) is 6.04 Å². The standard InChI is InChI=1S/C17H25NO2/c1-13(14-9-7-6-8-10-14)18-11-16(2,3)17(4,12-18)15(19)20-5/h6-10,13H,11-12H2,1-5H3/t13-,17+/m1/s1. The van der Waals surface area contributed by atoms with E-state index in [1.54, 1.807) is 0 Å². The summed E-state index contributed by atoms with van der Waals surface area (Å²) in [6.45, 7) is 10.2. The fraction of sp³-hybridized carbons (Fsp3) is 0.588. The number of ether oxygens (including phenoxy) is 1. The van der Waals surface area contributed by atoms with Crippen molar-refractivity contribution in [2.24, 2.45) is 10.8 Å². The molecule has 0 saturated carbocycles. The summed E-state index contributed by atoms with van der Waals surface area (Å²) in [6.07, 6.45) is 0. The monoisotopic (exact) mass is 275 g/mol. The number of likely N-dealkylation sites (tertiary alicyclic amines) is 1. The molecule has 2 rings (SSSR count). The average Bonchev–Trinajstić information content (AvgIpc) is 2.69. The summed E-state index contributed by atoms with van der Waals surface area (Å²) >= 11 is 0. The van der Waals surface area contributed by atoms with Gasteiger partial charge in [0.15, 0.2) is 0 Å². The number of rotatable bonds is 3. The highest BCUT2D eigenvalue weighted by atomic mass is 16.5. The zero-order valence-corrected chi connectivity index (χ0v) is 13.1. The van der Waals surface area contributed by atoms with Crippen LogP contribution in [0.15, 0.2) is 30.3 Å². The molecule has 0 radical (unpaired) electrons. The molecule has 0 spiro atoms. The first kappa shape index (κ1) is 15.0. The van der Waals surface area contributed by atoms with Crippen LogP contribution in [0.4, 0.5) is 0 Å². The Bertz CT molecular complexity index is 483. The lowest BCUT2D eigenvalue weighted by Gasteiger charge is -2.33. The third kappa shape index (κ3) is 2.35. The maximum Gasteiger partial charge on any atom is 0.313 e. The van der Waals surface area contributed by atoms with Gasteiger partial charge in [0.05, 0.1) is 12.5 Å². The number of carbonyl (C=O) groups excluding carboxylic acids is 1. The second-order valence-corrected chi connectivity index (χ2v) is 6.70. The Hall–Kier alpha value is -1.35. The van der Waals surface area contributed by atoms with Gasteiger partial charge in [-0.15, -0.1) is 0 Å². The molecule has 0 bridgehead atoms. The number of carbonyl (C=O) groups is 1. The van der Waals surface area contributed by atoms with E-state index < -0.39 is 5.41 Å². The molecule has 1 heterocycles. The minimum atomic E-state index is -0.454. The third-order valence-electron chi connectivity index (χ3n) is 5.08. The van der Waals surface area contributed by atoms with Gasteiger partial charge in [0, 0.05) is 19.1 Å². The molecule has 2 atom stereocenters. The van der Waals surface area contributed by atoms with Crippen LogP contribution < -0.4 is 0 Å². The van der Waals surface area contributed by atoms with Crippen LogP contribution in [0, 0.1) is 10.8 Å². The molecule has 0 aliphatic carbocycles. The summed E-state index contributed by atoms with van der Waals surface area (Å²) in [5.74, 6) is -0.106. The van der Waals surface area contributed by atoms with Crippen molar-refractivity contribution in [3.8, 4) is 0 Å². The van der Waals surface area contributed by atoms with Crippen molar-refractivity contribution in [1.29, 1.82) is 0 Å². The zero-order chi connectivity index (χ0) is 15.0. The van der Waals surface area contributed by atoms with Crippen molar-refractivity contribution in [1.82, 2.24) is 4.90 Å². The molecular weight excluding hydrogens is 250 g/mol. The van der Waals surface area contributed by atoms with Gasteiger partial charge >= 0.3 is 5.97 Å². The van der Waals surface area contributed by atoms with Crippen LogP contribution in [0.25, 0.3) is 0 Å². The number of hydrogen-bond acceptors (Lipinski definition) is 3. The van der Waals surface area contributed by atoms with Gasteiger partial charge < -0.3 is 4.74 Å². The van der Waals surface area contributed by atoms with E-state index in [9.17, 15) is 4.79 Å². The molecule has 1 aliphatic rings. The largest absolute Gasteiger partial charge is 0.469 e. The molecule has 110 valence electrons. The average molecular weight is 275 g/mol. The van der Waals surface area contributed by atoms with Crippen molar-refractivity contribution < 1.29 is 9.53 Å². The summed E-state index contributed by atoms with van der Waals surface area (Å²) in [4.78, 5) is 14.6. The molecule has 0 amide bonds. The van der Waals surface area contributed by atoms with Crippen molar-refractivity contribution >= 4 is 5.97 Å². The molecule has 3 nitrogen and oxygen atoms in total.